The minimum absolute atomic E-state index is 0.0615. The van der Waals surface area contributed by atoms with Crippen molar-refractivity contribution in [1.82, 2.24) is 4.98 Å². The summed E-state index contributed by atoms with van der Waals surface area (Å²) in [5, 5.41) is 1.66. The van der Waals surface area contributed by atoms with E-state index >= 15 is 0 Å². The van der Waals surface area contributed by atoms with E-state index in [1.165, 1.54) is 0 Å². The predicted octanol–water partition coefficient (Wildman–Crippen LogP) is 4.21. The van der Waals surface area contributed by atoms with E-state index in [9.17, 15) is 4.79 Å². The van der Waals surface area contributed by atoms with Gasteiger partial charge in [-0.15, -0.1) is 0 Å². The monoisotopic (exact) mass is 376 g/mol. The third-order valence-corrected chi connectivity index (χ3v) is 5.14. The van der Waals surface area contributed by atoms with Gasteiger partial charge in [0.1, 0.15) is 5.75 Å². The number of ketones is 1. The first kappa shape index (κ1) is 18.4. The molecule has 1 aliphatic rings. The molecular formula is C23H24N2O3. The Bertz CT molecular complexity index is 1040. The summed E-state index contributed by atoms with van der Waals surface area (Å²) in [5.74, 6) is 1.16. The molecule has 0 fully saturated rings. The van der Waals surface area contributed by atoms with Crippen LogP contribution in [-0.4, -0.2) is 24.0 Å². The van der Waals surface area contributed by atoms with Crippen LogP contribution >= 0.6 is 0 Å². The van der Waals surface area contributed by atoms with Crippen LogP contribution in [0.15, 0.2) is 42.6 Å². The van der Waals surface area contributed by atoms with E-state index in [0.29, 0.717) is 36.0 Å². The van der Waals surface area contributed by atoms with Crippen molar-refractivity contribution in [3.8, 4) is 11.6 Å². The van der Waals surface area contributed by atoms with Crippen molar-refractivity contribution in [2.45, 2.75) is 32.7 Å². The molecule has 5 heteroatoms. The lowest BCUT2D eigenvalue weighted by molar-refractivity contribution is 0.103. The lowest BCUT2D eigenvalue weighted by Crippen LogP contribution is -2.18. The number of fused-ring (bicyclic) bond motifs is 2. The number of hydrogen-bond acceptors (Lipinski definition) is 5. The summed E-state index contributed by atoms with van der Waals surface area (Å²) < 4.78 is 11.6. The molecule has 144 valence electrons. The Hall–Kier alpha value is -2.92. The Morgan fingerprint density at radius 1 is 1.21 bits per heavy atom. The van der Waals surface area contributed by atoms with Crippen molar-refractivity contribution in [3.63, 3.8) is 0 Å². The van der Waals surface area contributed by atoms with Gasteiger partial charge in [-0.1, -0.05) is 18.2 Å². The van der Waals surface area contributed by atoms with E-state index in [4.69, 9.17) is 15.2 Å². The van der Waals surface area contributed by atoms with Crippen LogP contribution in [0.25, 0.3) is 10.8 Å². The second kappa shape index (κ2) is 7.60. The number of nitrogens with zero attached hydrogens (tertiary/aromatic N) is 1. The number of rotatable bonds is 5. The second-order valence-corrected chi connectivity index (χ2v) is 7.03. The fourth-order valence-electron chi connectivity index (χ4n) is 3.87. The molecule has 0 saturated carbocycles. The van der Waals surface area contributed by atoms with Gasteiger partial charge in [0.25, 0.3) is 0 Å². The van der Waals surface area contributed by atoms with Crippen molar-refractivity contribution in [2.75, 3.05) is 13.2 Å². The fraction of sp³-hybridized carbons (Fsp3) is 0.304. The smallest absolute Gasteiger partial charge is 0.221 e. The second-order valence-electron chi connectivity index (χ2n) is 7.03. The lowest BCUT2D eigenvalue weighted by Gasteiger charge is -2.24. The van der Waals surface area contributed by atoms with Gasteiger partial charge < -0.3 is 15.2 Å². The van der Waals surface area contributed by atoms with E-state index in [1.54, 1.807) is 6.20 Å². The van der Waals surface area contributed by atoms with Crippen molar-refractivity contribution in [3.05, 3.63) is 64.8 Å². The summed E-state index contributed by atoms with van der Waals surface area (Å²) in [5.41, 5.74) is 9.44. The predicted molar refractivity (Wildman–Crippen MR) is 109 cm³/mol. The van der Waals surface area contributed by atoms with Crippen LogP contribution in [0.4, 0.5) is 0 Å². The molecule has 2 N–H and O–H groups in total. The largest absolute Gasteiger partial charge is 0.493 e. The number of aromatic nitrogens is 1. The molecule has 2 aromatic carbocycles. The molecule has 3 aromatic rings. The van der Waals surface area contributed by atoms with Gasteiger partial charge in [0.05, 0.1) is 18.8 Å². The number of benzene rings is 2. The third-order valence-electron chi connectivity index (χ3n) is 5.14. The van der Waals surface area contributed by atoms with Gasteiger partial charge in [0.15, 0.2) is 5.78 Å². The van der Waals surface area contributed by atoms with Crippen molar-refractivity contribution in [1.29, 1.82) is 0 Å². The normalized spacial score (nSPS) is 14.2. The molecule has 0 bridgehead atoms. The number of carbonyl (C=O) groups excluding carboxylic acids is 1. The quantitative estimate of drug-likeness (QED) is 0.675. The summed E-state index contributed by atoms with van der Waals surface area (Å²) >= 11 is 0. The van der Waals surface area contributed by atoms with Crippen LogP contribution in [-0.2, 0) is 6.42 Å². The molecule has 0 amide bonds. The van der Waals surface area contributed by atoms with Gasteiger partial charge in [-0.2, -0.15) is 0 Å². The number of carbonyl (C=O) groups is 1. The molecule has 0 spiro atoms. The molecule has 1 atom stereocenters. The first-order chi connectivity index (χ1) is 13.6. The highest BCUT2D eigenvalue weighted by Gasteiger charge is 2.25. The standard InChI is InChI=1S/C23H24N2O3/c1-3-27-23-19-7-4-6-17(16(19)11-12-25-23)21(26)20-10-9-15(14(2)24)18-8-5-13-28-22(18)20/h4,6-7,9-12,14H,3,5,8,13,24H2,1-2H3/t14-/m1/s1. The Morgan fingerprint density at radius 3 is 2.86 bits per heavy atom. The van der Waals surface area contributed by atoms with E-state index in [0.717, 1.165) is 34.7 Å². The molecule has 1 aromatic heterocycles. The van der Waals surface area contributed by atoms with Crippen LogP contribution in [0.3, 0.4) is 0 Å². The fourth-order valence-corrected chi connectivity index (χ4v) is 3.87. The van der Waals surface area contributed by atoms with Crippen LogP contribution < -0.4 is 15.2 Å². The molecular weight excluding hydrogens is 352 g/mol. The lowest BCUT2D eigenvalue weighted by atomic mass is 9.89. The highest BCUT2D eigenvalue weighted by atomic mass is 16.5. The molecule has 2 heterocycles. The minimum Gasteiger partial charge on any atom is -0.493 e. The molecule has 4 rings (SSSR count). The maximum Gasteiger partial charge on any atom is 0.221 e. The summed E-state index contributed by atoms with van der Waals surface area (Å²) in [6, 6.07) is 11.2. The Morgan fingerprint density at radius 2 is 2.07 bits per heavy atom. The first-order valence-electron chi connectivity index (χ1n) is 9.71. The number of hydrogen-bond donors (Lipinski definition) is 1. The van der Waals surface area contributed by atoms with Crippen LogP contribution in [0.1, 0.15) is 53.4 Å². The molecule has 0 saturated heterocycles. The molecule has 0 unspecified atom stereocenters. The van der Waals surface area contributed by atoms with Crippen LogP contribution in [0.5, 0.6) is 11.6 Å². The number of nitrogens with two attached hydrogens (primary N) is 1. The summed E-state index contributed by atoms with van der Waals surface area (Å²) in [6.07, 6.45) is 3.48. The molecule has 0 radical (unpaired) electrons. The third kappa shape index (κ3) is 3.12. The topological polar surface area (TPSA) is 74.4 Å². The van der Waals surface area contributed by atoms with Gasteiger partial charge in [-0.25, -0.2) is 4.98 Å². The van der Waals surface area contributed by atoms with E-state index < -0.39 is 0 Å². The zero-order chi connectivity index (χ0) is 19.7. The van der Waals surface area contributed by atoms with Gasteiger partial charge in [0, 0.05) is 23.2 Å². The maximum absolute atomic E-state index is 13.5. The molecule has 0 aliphatic carbocycles. The molecule has 28 heavy (non-hydrogen) atoms. The number of ether oxygens (including phenoxy) is 2. The zero-order valence-corrected chi connectivity index (χ0v) is 16.2. The molecule has 5 nitrogen and oxygen atoms in total. The summed E-state index contributed by atoms with van der Waals surface area (Å²) in [6.45, 7) is 5.01. The van der Waals surface area contributed by atoms with Gasteiger partial charge >= 0.3 is 0 Å². The maximum atomic E-state index is 13.5. The first-order valence-corrected chi connectivity index (χ1v) is 9.71. The highest BCUT2D eigenvalue weighted by molar-refractivity contribution is 6.18. The van der Waals surface area contributed by atoms with Gasteiger partial charge in [0.2, 0.25) is 5.88 Å². The van der Waals surface area contributed by atoms with Gasteiger partial charge in [-0.3, -0.25) is 4.79 Å². The van der Waals surface area contributed by atoms with Gasteiger partial charge in [-0.05, 0) is 61.4 Å². The van der Waals surface area contributed by atoms with Crippen LogP contribution in [0.2, 0.25) is 0 Å². The van der Waals surface area contributed by atoms with Crippen LogP contribution in [0, 0.1) is 0 Å². The van der Waals surface area contributed by atoms with Crippen molar-refractivity contribution in [2.24, 2.45) is 5.73 Å². The zero-order valence-electron chi connectivity index (χ0n) is 16.2. The average Bonchev–Trinajstić information content (AvgIpc) is 2.72. The minimum atomic E-state index is -0.100. The average molecular weight is 376 g/mol. The molecule has 1 aliphatic heterocycles. The van der Waals surface area contributed by atoms with E-state index in [1.807, 2.05) is 50.2 Å². The Balaban J connectivity index is 1.86. The van der Waals surface area contributed by atoms with Crippen molar-refractivity contribution < 1.29 is 14.3 Å². The summed E-state index contributed by atoms with van der Waals surface area (Å²) in [4.78, 5) is 17.8. The number of pyridine rings is 1. The van der Waals surface area contributed by atoms with E-state index in [-0.39, 0.29) is 11.8 Å². The SMILES string of the molecule is CCOc1nccc2c(C(=O)c3ccc([C@@H](C)N)c4c3OCCC4)cccc12. The highest BCUT2D eigenvalue weighted by Crippen LogP contribution is 2.36. The van der Waals surface area contributed by atoms with Crippen molar-refractivity contribution >= 4 is 16.6 Å². The Labute approximate surface area is 164 Å². The Kier molecular flexibility index (Phi) is 5.01. The summed E-state index contributed by atoms with van der Waals surface area (Å²) in [7, 11) is 0. The van der Waals surface area contributed by atoms with E-state index in [2.05, 4.69) is 4.98 Å².